The lowest BCUT2D eigenvalue weighted by Crippen LogP contribution is -2.40. The second-order valence-electron chi connectivity index (χ2n) is 6.80. The summed E-state index contributed by atoms with van der Waals surface area (Å²) >= 11 is 0. The minimum atomic E-state index is -1.32. The third kappa shape index (κ3) is 4.27. The molecule has 1 aromatic carbocycles. The van der Waals surface area contributed by atoms with Gasteiger partial charge in [-0.05, 0) is 29.7 Å². The minimum Gasteiger partial charge on any atom is -0.256 e. The Labute approximate surface area is 130 Å². The zero-order chi connectivity index (χ0) is 15.3. The molecule has 21 heavy (non-hydrogen) atoms. The average molecular weight is 298 g/mol. The molecule has 2 heteroatoms. The first-order valence-electron chi connectivity index (χ1n) is 8.07. The van der Waals surface area contributed by atoms with Crippen LogP contribution in [-0.2, 0) is 6.42 Å². The third-order valence-corrected chi connectivity index (χ3v) is 5.98. The molecule has 0 aliphatic heterocycles. The SMILES string of the molecule is CCCCCc1cc(-c2ccccc2)ncc1[Si](C)(C)C. The monoisotopic (exact) mass is 297 g/mol. The lowest BCUT2D eigenvalue weighted by Gasteiger charge is -2.21. The van der Waals surface area contributed by atoms with E-state index in [0.717, 1.165) is 5.69 Å². The van der Waals surface area contributed by atoms with Crippen LogP contribution in [0.15, 0.2) is 42.6 Å². The Hall–Kier alpha value is -1.41. The van der Waals surface area contributed by atoms with Crippen LogP contribution in [0.4, 0.5) is 0 Å². The van der Waals surface area contributed by atoms with E-state index in [1.54, 1.807) is 0 Å². The largest absolute Gasteiger partial charge is 0.256 e. The van der Waals surface area contributed by atoms with E-state index in [1.807, 2.05) is 0 Å². The Morgan fingerprint density at radius 3 is 2.33 bits per heavy atom. The van der Waals surface area contributed by atoms with Gasteiger partial charge in [0.15, 0.2) is 0 Å². The van der Waals surface area contributed by atoms with Crippen LogP contribution in [0.3, 0.4) is 0 Å². The van der Waals surface area contributed by atoms with Gasteiger partial charge in [-0.3, -0.25) is 4.98 Å². The van der Waals surface area contributed by atoms with Crippen LogP contribution in [0.25, 0.3) is 11.3 Å². The highest BCUT2D eigenvalue weighted by Gasteiger charge is 2.21. The molecule has 112 valence electrons. The Morgan fingerprint density at radius 2 is 1.71 bits per heavy atom. The van der Waals surface area contributed by atoms with Gasteiger partial charge in [0.2, 0.25) is 0 Å². The van der Waals surface area contributed by atoms with Crippen LogP contribution in [0.5, 0.6) is 0 Å². The predicted octanol–water partition coefficient (Wildman–Crippen LogP) is 5.03. The van der Waals surface area contributed by atoms with Crippen molar-refractivity contribution >= 4 is 13.3 Å². The smallest absolute Gasteiger partial charge is 0.0799 e. The van der Waals surface area contributed by atoms with E-state index in [-0.39, 0.29) is 0 Å². The number of aromatic nitrogens is 1. The molecule has 1 heterocycles. The number of hydrogen-bond donors (Lipinski definition) is 0. The highest BCUT2D eigenvalue weighted by molar-refractivity contribution is 6.89. The van der Waals surface area contributed by atoms with Crippen molar-refractivity contribution in [2.24, 2.45) is 0 Å². The van der Waals surface area contributed by atoms with Crippen molar-refractivity contribution in [2.45, 2.75) is 52.2 Å². The molecule has 0 saturated carbocycles. The Bertz CT molecular complexity index is 570. The normalized spacial score (nSPS) is 11.6. The molecular weight excluding hydrogens is 270 g/mol. The van der Waals surface area contributed by atoms with Crippen LogP contribution >= 0.6 is 0 Å². The van der Waals surface area contributed by atoms with E-state index >= 15 is 0 Å². The number of pyridine rings is 1. The molecule has 2 rings (SSSR count). The molecule has 0 amide bonds. The molecule has 0 aliphatic carbocycles. The van der Waals surface area contributed by atoms with Crippen LogP contribution in [0.2, 0.25) is 19.6 Å². The summed E-state index contributed by atoms with van der Waals surface area (Å²) in [4.78, 5) is 4.74. The second kappa shape index (κ2) is 7.03. The molecule has 0 radical (unpaired) electrons. The second-order valence-corrected chi connectivity index (χ2v) is 11.8. The van der Waals surface area contributed by atoms with Gasteiger partial charge in [-0.15, -0.1) is 0 Å². The van der Waals surface area contributed by atoms with Crippen molar-refractivity contribution in [2.75, 3.05) is 0 Å². The molecule has 0 saturated heterocycles. The average Bonchev–Trinajstić information content (AvgIpc) is 2.47. The summed E-state index contributed by atoms with van der Waals surface area (Å²) < 4.78 is 0. The summed E-state index contributed by atoms with van der Waals surface area (Å²) in [5, 5.41) is 1.53. The standard InChI is InChI=1S/C19H27NSi/c1-5-6-8-13-17-14-18(16-11-9-7-10-12-16)20-15-19(17)21(2,3)4/h7,9-12,14-15H,5-6,8,13H2,1-4H3. The highest BCUT2D eigenvalue weighted by atomic mass is 28.3. The Balaban J connectivity index is 2.36. The lowest BCUT2D eigenvalue weighted by atomic mass is 10.0. The van der Waals surface area contributed by atoms with Gasteiger partial charge >= 0.3 is 0 Å². The van der Waals surface area contributed by atoms with Crippen molar-refractivity contribution < 1.29 is 0 Å². The summed E-state index contributed by atoms with van der Waals surface area (Å²) in [5.41, 5.74) is 3.86. The number of rotatable bonds is 6. The topological polar surface area (TPSA) is 12.9 Å². The molecule has 0 spiro atoms. The molecule has 0 N–H and O–H groups in total. The first-order valence-corrected chi connectivity index (χ1v) is 11.6. The van der Waals surface area contributed by atoms with Gasteiger partial charge in [-0.1, -0.05) is 69.7 Å². The summed E-state index contributed by atoms with van der Waals surface area (Å²) in [7, 11) is -1.32. The first kappa shape index (κ1) is 16.0. The van der Waals surface area contributed by atoms with Crippen LogP contribution < -0.4 is 5.19 Å². The zero-order valence-corrected chi connectivity index (χ0v) is 14.8. The van der Waals surface area contributed by atoms with Gasteiger partial charge in [-0.2, -0.15) is 0 Å². The van der Waals surface area contributed by atoms with Crippen LogP contribution in [0, 0.1) is 0 Å². The van der Waals surface area contributed by atoms with Gasteiger partial charge in [0.25, 0.3) is 0 Å². The maximum absolute atomic E-state index is 4.74. The Kier molecular flexibility index (Phi) is 5.35. The fraction of sp³-hybridized carbons (Fsp3) is 0.421. The third-order valence-electron chi connectivity index (χ3n) is 3.92. The molecule has 0 bridgehead atoms. The van der Waals surface area contributed by atoms with Gasteiger partial charge in [0.1, 0.15) is 0 Å². The number of unbranched alkanes of at least 4 members (excludes halogenated alkanes) is 2. The summed E-state index contributed by atoms with van der Waals surface area (Å²) in [6, 6.07) is 12.8. The number of hydrogen-bond acceptors (Lipinski definition) is 1. The first-order chi connectivity index (χ1) is 10.0. The molecule has 1 aromatic heterocycles. The van der Waals surface area contributed by atoms with E-state index in [9.17, 15) is 0 Å². The van der Waals surface area contributed by atoms with Gasteiger partial charge in [0.05, 0.1) is 13.8 Å². The molecule has 0 unspecified atom stereocenters. The maximum atomic E-state index is 4.74. The van der Waals surface area contributed by atoms with Crippen molar-refractivity contribution in [3.8, 4) is 11.3 Å². The van der Waals surface area contributed by atoms with Gasteiger partial charge in [0, 0.05) is 11.8 Å². The quantitative estimate of drug-likeness (QED) is 0.538. The van der Waals surface area contributed by atoms with E-state index in [4.69, 9.17) is 4.98 Å². The van der Waals surface area contributed by atoms with Crippen molar-refractivity contribution in [3.05, 3.63) is 48.2 Å². The molecule has 0 aliphatic rings. The number of benzene rings is 1. The maximum Gasteiger partial charge on any atom is 0.0799 e. The van der Waals surface area contributed by atoms with Crippen LogP contribution in [0.1, 0.15) is 31.7 Å². The van der Waals surface area contributed by atoms with E-state index in [1.165, 1.54) is 42.0 Å². The fourth-order valence-corrected chi connectivity index (χ4v) is 4.32. The molecule has 0 fully saturated rings. The molecule has 0 atom stereocenters. The summed E-state index contributed by atoms with van der Waals surface area (Å²) in [6.45, 7) is 9.50. The van der Waals surface area contributed by atoms with Gasteiger partial charge in [-0.25, -0.2) is 0 Å². The Morgan fingerprint density at radius 1 is 1.00 bits per heavy atom. The number of aryl methyl sites for hydroxylation is 1. The van der Waals surface area contributed by atoms with Crippen molar-refractivity contribution in [1.29, 1.82) is 0 Å². The summed E-state index contributed by atoms with van der Waals surface area (Å²) in [6.07, 6.45) is 7.21. The van der Waals surface area contributed by atoms with Crippen molar-refractivity contribution in [3.63, 3.8) is 0 Å². The fourth-order valence-electron chi connectivity index (χ4n) is 2.71. The van der Waals surface area contributed by atoms with Crippen LogP contribution in [-0.4, -0.2) is 13.1 Å². The zero-order valence-electron chi connectivity index (χ0n) is 13.8. The predicted molar refractivity (Wildman–Crippen MR) is 95.9 cm³/mol. The summed E-state index contributed by atoms with van der Waals surface area (Å²) in [5.74, 6) is 0. The lowest BCUT2D eigenvalue weighted by molar-refractivity contribution is 0.718. The van der Waals surface area contributed by atoms with E-state index in [2.05, 4.69) is 69.2 Å². The molecular formula is C19H27NSi. The van der Waals surface area contributed by atoms with E-state index in [0.29, 0.717) is 0 Å². The molecule has 1 nitrogen and oxygen atoms in total. The van der Waals surface area contributed by atoms with Crippen molar-refractivity contribution in [1.82, 2.24) is 4.98 Å². The van der Waals surface area contributed by atoms with E-state index < -0.39 is 8.07 Å². The molecule has 2 aromatic rings. The minimum absolute atomic E-state index is 1.11. The number of nitrogens with zero attached hydrogens (tertiary/aromatic N) is 1. The highest BCUT2D eigenvalue weighted by Crippen LogP contribution is 2.19. The van der Waals surface area contributed by atoms with Gasteiger partial charge < -0.3 is 0 Å².